The first kappa shape index (κ1) is 23.4. The van der Waals surface area contributed by atoms with Crippen molar-refractivity contribution in [3.63, 3.8) is 0 Å². The summed E-state index contributed by atoms with van der Waals surface area (Å²) in [5.74, 6) is -1.33. The molecular formula is C20H40O4. The highest BCUT2D eigenvalue weighted by Crippen LogP contribution is 2.17. The van der Waals surface area contributed by atoms with E-state index in [9.17, 15) is 15.0 Å². The summed E-state index contributed by atoms with van der Waals surface area (Å²) >= 11 is 0. The van der Waals surface area contributed by atoms with E-state index in [1.807, 2.05) is 0 Å². The van der Waals surface area contributed by atoms with Crippen LogP contribution in [-0.4, -0.2) is 29.6 Å². The molecule has 0 spiro atoms. The summed E-state index contributed by atoms with van der Waals surface area (Å²) in [6.45, 7) is 2.26. The summed E-state index contributed by atoms with van der Waals surface area (Å²) in [4.78, 5) is 11.4. The van der Waals surface area contributed by atoms with E-state index in [0.717, 1.165) is 19.3 Å². The zero-order valence-corrected chi connectivity index (χ0v) is 16.0. The van der Waals surface area contributed by atoms with Gasteiger partial charge in [0.1, 0.15) is 5.92 Å². The standard InChI is InChI=1S/C20H40O4/c1-3-4-5-6-7-8-9-10-11-12-13-14-15-16-17-18(19(21)22)20(23)24-2/h18-19,21-22H,3-17H2,1-2H3. The predicted molar refractivity (Wildman–Crippen MR) is 98.7 cm³/mol. The number of aliphatic hydroxyl groups excluding tert-OH is 1. The second-order valence-corrected chi connectivity index (χ2v) is 6.93. The van der Waals surface area contributed by atoms with Gasteiger partial charge < -0.3 is 14.9 Å². The lowest BCUT2D eigenvalue weighted by Crippen LogP contribution is -2.28. The molecule has 0 aromatic carbocycles. The molecule has 0 rings (SSSR count). The topological polar surface area (TPSA) is 66.8 Å². The monoisotopic (exact) mass is 344 g/mol. The highest BCUT2D eigenvalue weighted by atomic mass is 16.5. The summed E-state index contributed by atoms with van der Waals surface area (Å²) in [5.41, 5.74) is 0. The third-order valence-electron chi connectivity index (χ3n) is 4.73. The number of carbonyl (C=O) groups is 1. The molecule has 0 saturated carbocycles. The number of hydrogen-bond acceptors (Lipinski definition) is 4. The molecule has 24 heavy (non-hydrogen) atoms. The van der Waals surface area contributed by atoms with Crippen LogP contribution in [0.5, 0.6) is 0 Å². The lowest BCUT2D eigenvalue weighted by Gasteiger charge is -2.15. The number of hydrogen-bond donors (Lipinski definition) is 2. The minimum Gasteiger partial charge on any atom is -0.469 e. The molecule has 0 aromatic rings. The maximum Gasteiger partial charge on any atom is 0.313 e. The van der Waals surface area contributed by atoms with Gasteiger partial charge in [-0.1, -0.05) is 96.8 Å². The van der Waals surface area contributed by atoms with Crippen molar-refractivity contribution in [1.29, 1.82) is 0 Å². The normalized spacial score (nSPS) is 12.5. The fraction of sp³-hybridized carbons (Fsp3) is 0.950. The smallest absolute Gasteiger partial charge is 0.313 e. The number of methoxy groups -OCH3 is 1. The van der Waals surface area contributed by atoms with E-state index in [1.165, 1.54) is 77.7 Å². The Morgan fingerprint density at radius 2 is 1.12 bits per heavy atom. The van der Waals surface area contributed by atoms with Crippen molar-refractivity contribution < 1.29 is 19.7 Å². The molecule has 0 bridgehead atoms. The molecule has 0 aliphatic rings. The first-order valence-corrected chi connectivity index (χ1v) is 10.1. The molecule has 4 nitrogen and oxygen atoms in total. The molecule has 1 atom stereocenters. The van der Waals surface area contributed by atoms with Crippen LogP contribution in [0.25, 0.3) is 0 Å². The molecule has 2 N–H and O–H groups in total. The van der Waals surface area contributed by atoms with Crippen LogP contribution in [0.2, 0.25) is 0 Å². The Balaban J connectivity index is 3.31. The summed E-state index contributed by atoms with van der Waals surface area (Å²) in [7, 11) is 1.28. The van der Waals surface area contributed by atoms with Crippen molar-refractivity contribution in [2.24, 2.45) is 5.92 Å². The lowest BCUT2D eigenvalue weighted by atomic mass is 9.99. The van der Waals surface area contributed by atoms with E-state index in [0.29, 0.717) is 6.42 Å². The Labute approximate surface area is 149 Å². The van der Waals surface area contributed by atoms with Crippen molar-refractivity contribution in [3.8, 4) is 0 Å². The van der Waals surface area contributed by atoms with Gasteiger partial charge in [0, 0.05) is 0 Å². The van der Waals surface area contributed by atoms with Crippen LogP contribution in [-0.2, 0) is 9.53 Å². The minimum absolute atomic E-state index is 0.488. The summed E-state index contributed by atoms with van der Waals surface area (Å²) in [5, 5.41) is 18.3. The van der Waals surface area contributed by atoms with Gasteiger partial charge in [0.05, 0.1) is 7.11 Å². The van der Waals surface area contributed by atoms with Crippen molar-refractivity contribution in [2.45, 2.75) is 110 Å². The SMILES string of the molecule is CCCCCCCCCCCCCCCCC(C(=O)OC)C(O)O. The zero-order chi connectivity index (χ0) is 18.0. The molecule has 0 fully saturated rings. The molecule has 0 saturated heterocycles. The first-order chi connectivity index (χ1) is 11.6. The second kappa shape index (κ2) is 17.2. The summed E-state index contributed by atoms with van der Waals surface area (Å²) in [6.07, 6.45) is 16.8. The Morgan fingerprint density at radius 1 is 0.750 bits per heavy atom. The average Bonchev–Trinajstić information content (AvgIpc) is 2.57. The molecule has 1 unspecified atom stereocenters. The van der Waals surface area contributed by atoms with E-state index in [1.54, 1.807) is 0 Å². The van der Waals surface area contributed by atoms with E-state index in [2.05, 4.69) is 11.7 Å². The highest BCUT2D eigenvalue weighted by molar-refractivity contribution is 5.72. The van der Waals surface area contributed by atoms with Gasteiger partial charge in [-0.2, -0.15) is 0 Å². The maximum absolute atomic E-state index is 11.4. The summed E-state index contributed by atoms with van der Waals surface area (Å²) in [6, 6.07) is 0. The fourth-order valence-electron chi connectivity index (χ4n) is 3.10. The van der Waals surface area contributed by atoms with Gasteiger partial charge in [0.25, 0.3) is 0 Å². The van der Waals surface area contributed by atoms with Crippen LogP contribution in [0.15, 0.2) is 0 Å². The molecule has 0 aliphatic heterocycles. The molecule has 0 radical (unpaired) electrons. The molecule has 0 heterocycles. The maximum atomic E-state index is 11.4. The van der Waals surface area contributed by atoms with Crippen LogP contribution in [0.4, 0.5) is 0 Å². The third-order valence-corrected chi connectivity index (χ3v) is 4.73. The number of ether oxygens (including phenoxy) is 1. The van der Waals surface area contributed by atoms with Crippen molar-refractivity contribution in [1.82, 2.24) is 0 Å². The number of esters is 1. The van der Waals surface area contributed by atoms with Gasteiger partial charge in [-0.15, -0.1) is 0 Å². The van der Waals surface area contributed by atoms with Crippen LogP contribution < -0.4 is 0 Å². The highest BCUT2D eigenvalue weighted by Gasteiger charge is 2.25. The van der Waals surface area contributed by atoms with Gasteiger partial charge in [-0.25, -0.2) is 0 Å². The molecule has 4 heteroatoms. The van der Waals surface area contributed by atoms with Gasteiger partial charge in [0.15, 0.2) is 6.29 Å². The van der Waals surface area contributed by atoms with E-state index in [4.69, 9.17) is 0 Å². The Morgan fingerprint density at radius 3 is 1.46 bits per heavy atom. The van der Waals surface area contributed by atoms with Gasteiger partial charge in [0.2, 0.25) is 0 Å². The van der Waals surface area contributed by atoms with Crippen LogP contribution >= 0.6 is 0 Å². The van der Waals surface area contributed by atoms with Crippen LogP contribution in [0, 0.1) is 5.92 Å². The van der Waals surface area contributed by atoms with E-state index < -0.39 is 18.2 Å². The van der Waals surface area contributed by atoms with Crippen molar-refractivity contribution >= 4 is 5.97 Å². The van der Waals surface area contributed by atoms with Crippen molar-refractivity contribution in [2.75, 3.05) is 7.11 Å². The summed E-state index contributed by atoms with van der Waals surface area (Å²) < 4.78 is 4.58. The number of unbranched alkanes of at least 4 members (excludes halogenated alkanes) is 13. The van der Waals surface area contributed by atoms with Crippen LogP contribution in [0.3, 0.4) is 0 Å². The number of carbonyl (C=O) groups excluding carboxylic acids is 1. The minimum atomic E-state index is -1.61. The number of rotatable bonds is 17. The van der Waals surface area contributed by atoms with Gasteiger partial charge in [-0.3, -0.25) is 4.79 Å². The van der Waals surface area contributed by atoms with E-state index in [-0.39, 0.29) is 0 Å². The Hall–Kier alpha value is -0.610. The second-order valence-electron chi connectivity index (χ2n) is 6.93. The molecule has 0 aliphatic carbocycles. The quantitative estimate of drug-likeness (QED) is 0.222. The van der Waals surface area contributed by atoms with E-state index >= 15 is 0 Å². The third kappa shape index (κ3) is 13.8. The Kier molecular flexibility index (Phi) is 16.8. The molecule has 0 amide bonds. The predicted octanol–water partition coefficient (Wildman–Crippen LogP) is 4.96. The largest absolute Gasteiger partial charge is 0.469 e. The first-order valence-electron chi connectivity index (χ1n) is 10.1. The molecule has 144 valence electrons. The lowest BCUT2D eigenvalue weighted by molar-refractivity contribution is -0.162. The zero-order valence-electron chi connectivity index (χ0n) is 16.0. The van der Waals surface area contributed by atoms with Gasteiger partial charge in [-0.05, 0) is 6.42 Å². The number of aliphatic hydroxyl groups is 2. The van der Waals surface area contributed by atoms with Gasteiger partial charge >= 0.3 is 5.97 Å². The van der Waals surface area contributed by atoms with Crippen LogP contribution in [0.1, 0.15) is 103 Å². The fourth-order valence-corrected chi connectivity index (χ4v) is 3.10. The Bertz CT molecular complexity index is 279. The van der Waals surface area contributed by atoms with Crippen molar-refractivity contribution in [3.05, 3.63) is 0 Å². The molecular weight excluding hydrogens is 304 g/mol. The average molecular weight is 345 g/mol. The molecule has 0 aromatic heterocycles.